The van der Waals surface area contributed by atoms with Crippen molar-refractivity contribution in [2.75, 3.05) is 13.2 Å². The summed E-state index contributed by atoms with van der Waals surface area (Å²) in [6.45, 7) is 2.97. The van der Waals surface area contributed by atoms with E-state index in [1.165, 1.54) is 0 Å². The normalized spacial score (nSPS) is 11.5. The minimum atomic E-state index is -3.49. The molecular weight excluding hydrogens is 290 g/mol. The van der Waals surface area contributed by atoms with Crippen LogP contribution >= 0.6 is 0 Å². The summed E-state index contributed by atoms with van der Waals surface area (Å²) in [7, 11) is -3.49. The minimum Gasteiger partial charge on any atom is -0.494 e. The molecule has 0 aliphatic heterocycles. The topological polar surface area (TPSA) is 68.5 Å². The Balaban J connectivity index is 1.92. The Labute approximate surface area is 125 Å². The Kier molecular flexibility index (Phi) is 5.41. The molecule has 0 amide bonds. The molecule has 21 heavy (non-hydrogen) atoms. The smallest absolute Gasteiger partial charge is 0.240 e. The van der Waals surface area contributed by atoms with Gasteiger partial charge in [0, 0.05) is 6.54 Å². The molecule has 6 heteroatoms. The summed E-state index contributed by atoms with van der Waals surface area (Å²) >= 11 is 0. The standard InChI is InChI=1S/C15H19NO4S/c1-2-10-20-14-3-5-15(6-4-14)21(17,18)16-9-7-13-8-11-19-12-13/h3-6,8,11-12,16H,2,7,9-10H2,1H3. The predicted octanol–water partition coefficient (Wildman–Crippen LogP) is 2.59. The van der Waals surface area contributed by atoms with E-state index in [1.807, 2.05) is 13.0 Å². The maximum absolute atomic E-state index is 12.1. The molecule has 0 aliphatic rings. The van der Waals surface area contributed by atoms with Gasteiger partial charge in [0.2, 0.25) is 10.0 Å². The van der Waals surface area contributed by atoms with E-state index in [1.54, 1.807) is 36.8 Å². The number of sulfonamides is 1. The second kappa shape index (κ2) is 7.28. The second-order valence-corrected chi connectivity index (χ2v) is 6.37. The van der Waals surface area contributed by atoms with Gasteiger partial charge in [-0.05, 0) is 48.7 Å². The Morgan fingerprint density at radius 1 is 1.19 bits per heavy atom. The number of benzene rings is 1. The summed E-state index contributed by atoms with van der Waals surface area (Å²) in [5, 5.41) is 0. The number of rotatable bonds is 8. The van der Waals surface area contributed by atoms with Crippen LogP contribution in [0.4, 0.5) is 0 Å². The van der Waals surface area contributed by atoms with Gasteiger partial charge < -0.3 is 9.15 Å². The number of ether oxygens (including phenoxy) is 1. The third kappa shape index (κ3) is 4.61. The highest BCUT2D eigenvalue weighted by Crippen LogP contribution is 2.16. The Hall–Kier alpha value is -1.79. The van der Waals surface area contributed by atoms with Crippen LogP contribution < -0.4 is 9.46 Å². The lowest BCUT2D eigenvalue weighted by molar-refractivity contribution is 0.317. The molecule has 5 nitrogen and oxygen atoms in total. The van der Waals surface area contributed by atoms with E-state index in [2.05, 4.69) is 4.72 Å². The van der Waals surface area contributed by atoms with Crippen LogP contribution in [0, 0.1) is 0 Å². The van der Waals surface area contributed by atoms with E-state index in [4.69, 9.17) is 9.15 Å². The van der Waals surface area contributed by atoms with Crippen LogP contribution in [0.2, 0.25) is 0 Å². The largest absolute Gasteiger partial charge is 0.494 e. The second-order valence-electron chi connectivity index (χ2n) is 4.60. The van der Waals surface area contributed by atoms with Crippen LogP contribution in [0.25, 0.3) is 0 Å². The van der Waals surface area contributed by atoms with Gasteiger partial charge in [-0.1, -0.05) is 6.92 Å². The van der Waals surface area contributed by atoms with Crippen molar-refractivity contribution >= 4 is 10.0 Å². The molecule has 114 valence electrons. The zero-order valence-corrected chi connectivity index (χ0v) is 12.7. The van der Waals surface area contributed by atoms with Gasteiger partial charge in [-0.2, -0.15) is 0 Å². The quantitative estimate of drug-likeness (QED) is 0.814. The van der Waals surface area contributed by atoms with Crippen molar-refractivity contribution in [1.29, 1.82) is 0 Å². The monoisotopic (exact) mass is 309 g/mol. The van der Waals surface area contributed by atoms with Crippen molar-refractivity contribution in [2.24, 2.45) is 0 Å². The first-order valence-corrected chi connectivity index (χ1v) is 8.34. The van der Waals surface area contributed by atoms with Crippen molar-refractivity contribution in [2.45, 2.75) is 24.7 Å². The third-order valence-corrected chi connectivity index (χ3v) is 4.37. The number of nitrogens with one attached hydrogen (secondary N) is 1. The molecule has 1 N–H and O–H groups in total. The maximum Gasteiger partial charge on any atom is 0.240 e. The fraction of sp³-hybridized carbons (Fsp3) is 0.333. The molecule has 0 spiro atoms. The van der Waals surface area contributed by atoms with E-state index in [0.717, 1.165) is 12.0 Å². The minimum absolute atomic E-state index is 0.235. The molecule has 1 heterocycles. The van der Waals surface area contributed by atoms with Gasteiger partial charge >= 0.3 is 0 Å². The average molecular weight is 309 g/mol. The fourth-order valence-corrected chi connectivity index (χ4v) is 2.81. The van der Waals surface area contributed by atoms with Crippen LogP contribution in [-0.2, 0) is 16.4 Å². The molecule has 1 aromatic carbocycles. The Bertz CT molecular complexity index is 633. The van der Waals surface area contributed by atoms with Crippen molar-refractivity contribution in [3.63, 3.8) is 0 Å². The molecule has 0 fully saturated rings. The van der Waals surface area contributed by atoms with Crippen molar-refractivity contribution in [3.05, 3.63) is 48.4 Å². The average Bonchev–Trinajstić information content (AvgIpc) is 2.98. The lowest BCUT2D eigenvalue weighted by atomic mass is 10.2. The van der Waals surface area contributed by atoms with Gasteiger partial charge in [0.25, 0.3) is 0 Å². The van der Waals surface area contributed by atoms with Gasteiger partial charge in [0.1, 0.15) is 5.75 Å². The van der Waals surface area contributed by atoms with Gasteiger partial charge in [-0.3, -0.25) is 0 Å². The SMILES string of the molecule is CCCOc1ccc(S(=O)(=O)NCCc2ccoc2)cc1. The number of hydrogen-bond donors (Lipinski definition) is 1. The molecule has 1 aromatic heterocycles. The molecule has 0 radical (unpaired) electrons. The highest BCUT2D eigenvalue weighted by molar-refractivity contribution is 7.89. The first kappa shape index (κ1) is 15.6. The van der Waals surface area contributed by atoms with E-state index < -0.39 is 10.0 Å². The van der Waals surface area contributed by atoms with Crippen LogP contribution in [0.3, 0.4) is 0 Å². The lowest BCUT2D eigenvalue weighted by Gasteiger charge is -2.08. The summed E-state index contributed by atoms with van der Waals surface area (Å²) < 4.78 is 37.2. The number of hydrogen-bond acceptors (Lipinski definition) is 4. The lowest BCUT2D eigenvalue weighted by Crippen LogP contribution is -2.25. The van der Waals surface area contributed by atoms with Crippen LogP contribution in [0.1, 0.15) is 18.9 Å². The van der Waals surface area contributed by atoms with Crippen LogP contribution in [0.15, 0.2) is 52.2 Å². The van der Waals surface area contributed by atoms with Crippen LogP contribution in [-0.4, -0.2) is 21.6 Å². The van der Waals surface area contributed by atoms with Crippen molar-refractivity contribution in [1.82, 2.24) is 4.72 Å². The summed E-state index contributed by atoms with van der Waals surface area (Å²) in [4.78, 5) is 0.235. The molecular formula is C15H19NO4S. The first-order valence-electron chi connectivity index (χ1n) is 6.85. The molecule has 0 bridgehead atoms. The van der Waals surface area contributed by atoms with Gasteiger partial charge in [0.15, 0.2) is 0 Å². The Morgan fingerprint density at radius 3 is 2.57 bits per heavy atom. The molecule has 2 aromatic rings. The molecule has 0 saturated carbocycles. The first-order chi connectivity index (χ1) is 10.1. The highest BCUT2D eigenvalue weighted by atomic mass is 32.2. The summed E-state index contributed by atoms with van der Waals surface area (Å²) in [6.07, 6.45) is 4.68. The number of furan rings is 1. The van der Waals surface area contributed by atoms with E-state index in [9.17, 15) is 8.42 Å². The summed E-state index contributed by atoms with van der Waals surface area (Å²) in [5.74, 6) is 0.675. The van der Waals surface area contributed by atoms with Gasteiger partial charge in [-0.15, -0.1) is 0 Å². The van der Waals surface area contributed by atoms with Crippen molar-refractivity contribution < 1.29 is 17.6 Å². The van der Waals surface area contributed by atoms with Crippen molar-refractivity contribution in [3.8, 4) is 5.75 Å². The van der Waals surface area contributed by atoms with E-state index in [0.29, 0.717) is 25.3 Å². The summed E-state index contributed by atoms with van der Waals surface area (Å²) in [6, 6.07) is 8.24. The predicted molar refractivity (Wildman–Crippen MR) is 79.8 cm³/mol. The van der Waals surface area contributed by atoms with Gasteiger partial charge in [-0.25, -0.2) is 13.1 Å². The highest BCUT2D eigenvalue weighted by Gasteiger charge is 2.13. The van der Waals surface area contributed by atoms with E-state index in [-0.39, 0.29) is 4.90 Å². The molecule has 0 saturated heterocycles. The zero-order valence-electron chi connectivity index (χ0n) is 11.9. The third-order valence-electron chi connectivity index (χ3n) is 2.89. The Morgan fingerprint density at radius 2 is 1.95 bits per heavy atom. The van der Waals surface area contributed by atoms with Gasteiger partial charge in [0.05, 0.1) is 24.0 Å². The molecule has 0 unspecified atom stereocenters. The van der Waals surface area contributed by atoms with E-state index >= 15 is 0 Å². The fourth-order valence-electron chi connectivity index (χ4n) is 1.78. The molecule has 0 atom stereocenters. The van der Waals surface area contributed by atoms with Crippen LogP contribution in [0.5, 0.6) is 5.75 Å². The molecule has 0 aliphatic carbocycles. The maximum atomic E-state index is 12.1. The zero-order chi connectivity index (χ0) is 15.1. The summed E-state index contributed by atoms with van der Waals surface area (Å²) in [5.41, 5.74) is 0.959. The molecule has 2 rings (SSSR count).